The first-order valence-electron chi connectivity index (χ1n) is 6.79. The van der Waals surface area contributed by atoms with Crippen molar-refractivity contribution in [3.05, 3.63) is 11.3 Å². The highest BCUT2D eigenvalue weighted by Gasteiger charge is 2.23. The quantitative estimate of drug-likeness (QED) is 0.832. The van der Waals surface area contributed by atoms with E-state index in [2.05, 4.69) is 29.2 Å². The predicted molar refractivity (Wildman–Crippen MR) is 72.8 cm³/mol. The second-order valence-corrected chi connectivity index (χ2v) is 5.01. The van der Waals surface area contributed by atoms with E-state index in [9.17, 15) is 5.11 Å². The molecule has 0 aromatic carbocycles. The van der Waals surface area contributed by atoms with Crippen LogP contribution in [0.4, 0.5) is 5.82 Å². The summed E-state index contributed by atoms with van der Waals surface area (Å²) in [5.41, 5.74) is 2.38. The van der Waals surface area contributed by atoms with E-state index in [1.165, 1.54) is 11.4 Å². The highest BCUT2D eigenvalue weighted by atomic mass is 16.3. The molecule has 0 radical (unpaired) electrons. The average Bonchev–Trinajstić information content (AvgIpc) is 2.62. The molecule has 0 aliphatic carbocycles. The largest absolute Gasteiger partial charge is 0.393 e. The van der Waals surface area contributed by atoms with E-state index in [0.29, 0.717) is 0 Å². The molecule has 102 valence electrons. The fourth-order valence-electron chi connectivity index (χ4n) is 2.62. The summed E-state index contributed by atoms with van der Waals surface area (Å²) in [6, 6.07) is 0. The summed E-state index contributed by atoms with van der Waals surface area (Å²) >= 11 is 0. The number of nitrogens with one attached hydrogen (secondary N) is 1. The Kier molecular flexibility index (Phi) is 4.24. The van der Waals surface area contributed by atoms with E-state index in [0.717, 1.165) is 44.7 Å². The molecule has 0 amide bonds. The molecule has 1 fully saturated rings. The molecule has 18 heavy (non-hydrogen) atoms. The van der Waals surface area contributed by atoms with Gasteiger partial charge < -0.3 is 15.3 Å². The van der Waals surface area contributed by atoms with E-state index >= 15 is 0 Å². The standard InChI is InChI=1S/C13H24N4O/c1-4-14-9-12-10(2)15-16(3)13(12)17-7-5-11(18)6-8-17/h11,14,18H,4-9H2,1-3H3. The van der Waals surface area contributed by atoms with Gasteiger partial charge in [0.25, 0.3) is 0 Å². The molecule has 2 rings (SSSR count). The van der Waals surface area contributed by atoms with Crippen LogP contribution >= 0.6 is 0 Å². The molecule has 0 unspecified atom stereocenters. The second kappa shape index (κ2) is 5.71. The maximum atomic E-state index is 9.60. The SMILES string of the molecule is CCNCc1c(C)nn(C)c1N1CCC(O)CC1. The number of piperidine rings is 1. The van der Waals surface area contributed by atoms with E-state index in [1.807, 2.05) is 11.7 Å². The lowest BCUT2D eigenvalue weighted by atomic mass is 10.1. The van der Waals surface area contributed by atoms with Gasteiger partial charge in [-0.1, -0.05) is 6.92 Å². The Balaban J connectivity index is 2.20. The van der Waals surface area contributed by atoms with Gasteiger partial charge in [-0.25, -0.2) is 0 Å². The normalized spacial score (nSPS) is 17.4. The van der Waals surface area contributed by atoms with Crippen molar-refractivity contribution in [2.75, 3.05) is 24.5 Å². The highest BCUT2D eigenvalue weighted by molar-refractivity contribution is 5.50. The first kappa shape index (κ1) is 13.4. The monoisotopic (exact) mass is 252 g/mol. The van der Waals surface area contributed by atoms with Crippen molar-refractivity contribution < 1.29 is 5.11 Å². The van der Waals surface area contributed by atoms with Gasteiger partial charge in [0, 0.05) is 32.2 Å². The summed E-state index contributed by atoms with van der Waals surface area (Å²) < 4.78 is 1.97. The number of aryl methyl sites for hydroxylation is 2. The third kappa shape index (κ3) is 2.67. The summed E-state index contributed by atoms with van der Waals surface area (Å²) in [5, 5.41) is 17.5. The molecule has 0 atom stereocenters. The van der Waals surface area contributed by atoms with Gasteiger partial charge in [0.1, 0.15) is 5.82 Å². The fraction of sp³-hybridized carbons (Fsp3) is 0.769. The predicted octanol–water partition coefficient (Wildman–Crippen LogP) is 0.799. The van der Waals surface area contributed by atoms with Gasteiger partial charge >= 0.3 is 0 Å². The van der Waals surface area contributed by atoms with Crippen LogP contribution in [0.2, 0.25) is 0 Å². The van der Waals surface area contributed by atoms with Crippen molar-refractivity contribution in [2.24, 2.45) is 7.05 Å². The molecule has 0 bridgehead atoms. The number of hydrogen-bond acceptors (Lipinski definition) is 4. The van der Waals surface area contributed by atoms with Crippen LogP contribution in [0.3, 0.4) is 0 Å². The summed E-state index contributed by atoms with van der Waals surface area (Å²) in [5.74, 6) is 1.21. The maximum absolute atomic E-state index is 9.60. The molecular weight excluding hydrogens is 228 g/mol. The first-order chi connectivity index (χ1) is 8.63. The van der Waals surface area contributed by atoms with Crippen LogP contribution in [-0.2, 0) is 13.6 Å². The number of anilines is 1. The maximum Gasteiger partial charge on any atom is 0.131 e. The third-order valence-corrected chi connectivity index (χ3v) is 3.63. The number of aliphatic hydroxyl groups excluding tert-OH is 1. The number of aromatic nitrogens is 2. The molecule has 0 saturated carbocycles. The van der Waals surface area contributed by atoms with E-state index in [1.54, 1.807) is 0 Å². The van der Waals surface area contributed by atoms with Crippen molar-refractivity contribution in [1.82, 2.24) is 15.1 Å². The minimum atomic E-state index is -0.132. The topological polar surface area (TPSA) is 53.3 Å². The number of nitrogens with zero attached hydrogens (tertiary/aromatic N) is 3. The molecule has 1 saturated heterocycles. The highest BCUT2D eigenvalue weighted by Crippen LogP contribution is 2.26. The van der Waals surface area contributed by atoms with Gasteiger partial charge in [-0.2, -0.15) is 5.10 Å². The minimum Gasteiger partial charge on any atom is -0.393 e. The van der Waals surface area contributed by atoms with Crippen LogP contribution in [0.1, 0.15) is 31.0 Å². The molecule has 1 aliphatic rings. The zero-order chi connectivity index (χ0) is 13.1. The zero-order valence-corrected chi connectivity index (χ0v) is 11.6. The molecule has 2 heterocycles. The van der Waals surface area contributed by atoms with Crippen molar-refractivity contribution in [3.63, 3.8) is 0 Å². The molecular formula is C13H24N4O. The lowest BCUT2D eigenvalue weighted by Crippen LogP contribution is -2.37. The number of aliphatic hydroxyl groups is 1. The van der Waals surface area contributed by atoms with Crippen LogP contribution in [0, 0.1) is 6.92 Å². The smallest absolute Gasteiger partial charge is 0.131 e. The van der Waals surface area contributed by atoms with Crippen LogP contribution in [0.25, 0.3) is 0 Å². The zero-order valence-electron chi connectivity index (χ0n) is 11.6. The third-order valence-electron chi connectivity index (χ3n) is 3.63. The molecule has 5 heteroatoms. The minimum absolute atomic E-state index is 0.132. The summed E-state index contributed by atoms with van der Waals surface area (Å²) in [6.45, 7) is 7.84. The van der Waals surface area contributed by atoms with Crippen molar-refractivity contribution in [2.45, 2.75) is 39.3 Å². The Morgan fingerprint density at radius 2 is 2.06 bits per heavy atom. The van der Waals surface area contributed by atoms with Crippen LogP contribution in [-0.4, -0.2) is 40.6 Å². The van der Waals surface area contributed by atoms with Crippen molar-refractivity contribution in [3.8, 4) is 0 Å². The van der Waals surface area contributed by atoms with Gasteiger partial charge in [0.05, 0.1) is 11.8 Å². The lowest BCUT2D eigenvalue weighted by Gasteiger charge is -2.32. The molecule has 1 aromatic rings. The van der Waals surface area contributed by atoms with Crippen LogP contribution in [0.5, 0.6) is 0 Å². The average molecular weight is 252 g/mol. The number of hydrogen-bond donors (Lipinski definition) is 2. The number of rotatable bonds is 4. The van der Waals surface area contributed by atoms with E-state index in [4.69, 9.17) is 0 Å². The van der Waals surface area contributed by atoms with E-state index < -0.39 is 0 Å². The Bertz CT molecular complexity index is 394. The lowest BCUT2D eigenvalue weighted by molar-refractivity contribution is 0.145. The molecule has 1 aliphatic heterocycles. The fourth-order valence-corrected chi connectivity index (χ4v) is 2.62. The Morgan fingerprint density at radius 3 is 2.67 bits per heavy atom. The molecule has 1 aromatic heterocycles. The van der Waals surface area contributed by atoms with Gasteiger partial charge in [0.2, 0.25) is 0 Å². The van der Waals surface area contributed by atoms with Gasteiger partial charge in [-0.05, 0) is 26.3 Å². The van der Waals surface area contributed by atoms with Crippen LogP contribution in [0.15, 0.2) is 0 Å². The van der Waals surface area contributed by atoms with Gasteiger partial charge in [-0.3, -0.25) is 4.68 Å². The summed E-state index contributed by atoms with van der Waals surface area (Å²) in [7, 11) is 2.00. The molecule has 5 nitrogen and oxygen atoms in total. The Morgan fingerprint density at radius 1 is 1.39 bits per heavy atom. The molecule has 0 spiro atoms. The van der Waals surface area contributed by atoms with Gasteiger partial charge in [0.15, 0.2) is 0 Å². The van der Waals surface area contributed by atoms with Crippen molar-refractivity contribution >= 4 is 5.82 Å². The first-order valence-corrected chi connectivity index (χ1v) is 6.79. The summed E-state index contributed by atoms with van der Waals surface area (Å²) in [4.78, 5) is 2.35. The molecule has 2 N–H and O–H groups in total. The summed E-state index contributed by atoms with van der Waals surface area (Å²) in [6.07, 6.45) is 1.57. The van der Waals surface area contributed by atoms with E-state index in [-0.39, 0.29) is 6.10 Å². The van der Waals surface area contributed by atoms with Crippen molar-refractivity contribution in [1.29, 1.82) is 0 Å². The van der Waals surface area contributed by atoms with Gasteiger partial charge in [-0.15, -0.1) is 0 Å². The Hall–Kier alpha value is -1.07. The second-order valence-electron chi connectivity index (χ2n) is 5.01. The van der Waals surface area contributed by atoms with Crippen LogP contribution < -0.4 is 10.2 Å². The Labute approximate surface area is 109 Å².